The zero-order valence-electron chi connectivity index (χ0n) is 15.0. The SMILES string of the molecule is C.CCO.NC(=O)Nc1cccnc1.O=C1CC(=O)N(c2cccnc2)C(=O)N1. The van der Waals surface area contributed by atoms with E-state index in [9.17, 15) is 19.2 Å². The van der Waals surface area contributed by atoms with Gasteiger partial charge in [-0.3, -0.25) is 24.9 Å². The fourth-order valence-corrected chi connectivity index (χ4v) is 1.88. The molecule has 1 aliphatic rings. The molecule has 3 heterocycles. The van der Waals surface area contributed by atoms with Crippen molar-refractivity contribution in [3.63, 3.8) is 0 Å². The highest BCUT2D eigenvalue weighted by Gasteiger charge is 2.31. The lowest BCUT2D eigenvalue weighted by Gasteiger charge is -2.24. The largest absolute Gasteiger partial charge is 0.397 e. The standard InChI is InChI=1S/C9H7N3O3.C6H7N3O.C2H6O.CH4/c13-7-4-8(14)12(9(15)11-7)6-2-1-3-10-5-6;7-6(10)9-5-2-1-3-8-4-5;1-2-3;/h1-3,5H,4H2,(H,11,13,15);1-4H,(H3,7,9,10);3H,2H2,1H3;1H4. The highest BCUT2D eigenvalue weighted by atomic mass is 16.2. The van der Waals surface area contributed by atoms with Crippen LogP contribution < -0.4 is 21.3 Å². The average Bonchev–Trinajstić information content (AvgIpc) is 2.63. The van der Waals surface area contributed by atoms with Crippen LogP contribution in [0.5, 0.6) is 0 Å². The maximum atomic E-state index is 11.4. The van der Waals surface area contributed by atoms with E-state index < -0.39 is 23.9 Å². The van der Waals surface area contributed by atoms with E-state index in [2.05, 4.69) is 20.6 Å². The Hall–Kier alpha value is -3.86. The number of urea groups is 2. The van der Waals surface area contributed by atoms with Crippen LogP contribution in [0.15, 0.2) is 49.1 Å². The second-order valence-electron chi connectivity index (χ2n) is 5.02. The molecule has 0 radical (unpaired) electrons. The van der Waals surface area contributed by atoms with Crippen molar-refractivity contribution < 1.29 is 24.3 Å². The third-order valence-electron chi connectivity index (χ3n) is 2.84. The van der Waals surface area contributed by atoms with Crippen molar-refractivity contribution in [2.75, 3.05) is 16.8 Å². The fourth-order valence-electron chi connectivity index (χ4n) is 1.88. The topological polar surface area (TPSA) is 168 Å². The summed E-state index contributed by atoms with van der Waals surface area (Å²) in [6.45, 7) is 1.93. The lowest BCUT2D eigenvalue weighted by molar-refractivity contribution is -0.128. The summed E-state index contributed by atoms with van der Waals surface area (Å²) in [6, 6.07) is 5.28. The smallest absolute Gasteiger partial charge is 0.335 e. The number of amides is 6. The number of aromatic nitrogens is 2. The number of nitrogens with one attached hydrogen (secondary N) is 2. The Bertz CT molecular complexity index is 781. The number of pyridine rings is 2. The molecule has 0 saturated carbocycles. The first-order valence-electron chi connectivity index (χ1n) is 8.03. The molecule has 11 nitrogen and oxygen atoms in total. The van der Waals surface area contributed by atoms with Gasteiger partial charge in [-0.1, -0.05) is 7.43 Å². The van der Waals surface area contributed by atoms with Crippen molar-refractivity contribution in [1.29, 1.82) is 0 Å². The molecule has 2 aromatic rings. The molecular formula is C18H24N6O5. The van der Waals surface area contributed by atoms with Crippen LogP contribution in [0.3, 0.4) is 0 Å². The predicted molar refractivity (Wildman–Crippen MR) is 107 cm³/mol. The Morgan fingerprint density at radius 3 is 2.24 bits per heavy atom. The van der Waals surface area contributed by atoms with Gasteiger partial charge in [0.2, 0.25) is 11.8 Å². The number of nitrogens with zero attached hydrogens (tertiary/aromatic N) is 3. The van der Waals surface area contributed by atoms with E-state index in [1.807, 2.05) is 0 Å². The van der Waals surface area contributed by atoms with E-state index in [1.165, 1.54) is 18.6 Å². The van der Waals surface area contributed by atoms with Gasteiger partial charge in [0, 0.05) is 19.0 Å². The van der Waals surface area contributed by atoms with Gasteiger partial charge in [0.05, 0.1) is 23.8 Å². The van der Waals surface area contributed by atoms with Crippen molar-refractivity contribution in [2.45, 2.75) is 20.8 Å². The first kappa shape index (κ1) is 25.1. The number of carbonyl (C=O) groups excluding carboxylic acids is 4. The Labute approximate surface area is 167 Å². The molecule has 2 aromatic heterocycles. The molecule has 1 saturated heterocycles. The van der Waals surface area contributed by atoms with Gasteiger partial charge in [0.25, 0.3) is 0 Å². The Balaban J connectivity index is 0.000000489. The Kier molecular flexibility index (Phi) is 11.6. The van der Waals surface area contributed by atoms with E-state index in [4.69, 9.17) is 10.8 Å². The molecule has 0 unspecified atom stereocenters. The van der Waals surface area contributed by atoms with Crippen LogP contribution in [0, 0.1) is 0 Å². The van der Waals surface area contributed by atoms with Crippen molar-refractivity contribution in [3.05, 3.63) is 49.1 Å². The molecule has 3 rings (SSSR count). The van der Waals surface area contributed by atoms with E-state index in [0.29, 0.717) is 11.4 Å². The molecule has 6 amide bonds. The zero-order valence-corrected chi connectivity index (χ0v) is 15.0. The summed E-state index contributed by atoms with van der Waals surface area (Å²) in [4.78, 5) is 52.4. The molecule has 156 valence electrons. The van der Waals surface area contributed by atoms with E-state index in [-0.39, 0.29) is 20.5 Å². The first-order chi connectivity index (χ1) is 13.4. The number of carbonyl (C=O) groups is 4. The monoisotopic (exact) mass is 404 g/mol. The van der Waals surface area contributed by atoms with Gasteiger partial charge < -0.3 is 16.2 Å². The number of anilines is 2. The summed E-state index contributed by atoms with van der Waals surface area (Å²) >= 11 is 0. The fraction of sp³-hybridized carbons (Fsp3) is 0.222. The summed E-state index contributed by atoms with van der Waals surface area (Å²) in [5.74, 6) is -1.12. The number of imide groups is 2. The molecule has 0 atom stereocenters. The average molecular weight is 404 g/mol. The van der Waals surface area contributed by atoms with Crippen LogP contribution in [-0.4, -0.2) is 45.6 Å². The number of hydrogen-bond donors (Lipinski definition) is 4. The summed E-state index contributed by atoms with van der Waals surface area (Å²) in [6.07, 6.45) is 5.73. The summed E-state index contributed by atoms with van der Waals surface area (Å²) in [5, 5.41) is 12.0. The summed E-state index contributed by atoms with van der Waals surface area (Å²) in [7, 11) is 0. The maximum Gasteiger partial charge on any atom is 0.335 e. The maximum absolute atomic E-state index is 11.4. The van der Waals surface area contributed by atoms with Crippen LogP contribution in [0.1, 0.15) is 20.8 Å². The van der Waals surface area contributed by atoms with Crippen LogP contribution in [0.4, 0.5) is 21.0 Å². The van der Waals surface area contributed by atoms with Gasteiger partial charge >= 0.3 is 12.1 Å². The second kappa shape index (κ2) is 13.3. The van der Waals surface area contributed by atoms with Gasteiger partial charge in [-0.25, -0.2) is 14.5 Å². The van der Waals surface area contributed by atoms with E-state index >= 15 is 0 Å². The number of nitrogens with two attached hydrogens (primary N) is 1. The number of rotatable bonds is 2. The quantitative estimate of drug-likeness (QED) is 0.546. The summed E-state index contributed by atoms with van der Waals surface area (Å²) in [5.41, 5.74) is 5.81. The van der Waals surface area contributed by atoms with Crippen LogP contribution >= 0.6 is 0 Å². The van der Waals surface area contributed by atoms with Gasteiger partial charge in [0.1, 0.15) is 6.42 Å². The van der Waals surface area contributed by atoms with Gasteiger partial charge in [-0.2, -0.15) is 0 Å². The lowest BCUT2D eigenvalue weighted by Crippen LogP contribution is -2.52. The zero-order chi connectivity index (χ0) is 20.9. The molecule has 29 heavy (non-hydrogen) atoms. The Morgan fingerprint density at radius 2 is 1.79 bits per heavy atom. The highest BCUT2D eigenvalue weighted by Crippen LogP contribution is 2.15. The third kappa shape index (κ3) is 9.06. The molecule has 1 aliphatic heterocycles. The normalized spacial score (nSPS) is 12.2. The van der Waals surface area contributed by atoms with Crippen LogP contribution in [-0.2, 0) is 9.59 Å². The van der Waals surface area contributed by atoms with Crippen molar-refractivity contribution in [1.82, 2.24) is 15.3 Å². The molecule has 11 heteroatoms. The van der Waals surface area contributed by atoms with Crippen LogP contribution in [0.2, 0.25) is 0 Å². The number of barbiturate groups is 1. The number of primary amides is 1. The molecule has 5 N–H and O–H groups in total. The number of hydrogen-bond acceptors (Lipinski definition) is 7. The van der Waals surface area contributed by atoms with E-state index in [1.54, 1.807) is 37.4 Å². The molecule has 0 spiro atoms. The predicted octanol–water partition coefficient (Wildman–Crippen LogP) is 1.26. The minimum absolute atomic E-state index is 0. The second-order valence-corrected chi connectivity index (χ2v) is 5.02. The van der Waals surface area contributed by atoms with Gasteiger partial charge in [-0.05, 0) is 31.2 Å². The molecular weight excluding hydrogens is 380 g/mol. The minimum atomic E-state index is -0.732. The van der Waals surface area contributed by atoms with Gasteiger partial charge in [0.15, 0.2) is 0 Å². The highest BCUT2D eigenvalue weighted by molar-refractivity contribution is 6.26. The number of aliphatic hydroxyl groups is 1. The summed E-state index contributed by atoms with van der Waals surface area (Å²) < 4.78 is 0. The third-order valence-corrected chi connectivity index (χ3v) is 2.84. The first-order valence-corrected chi connectivity index (χ1v) is 8.03. The lowest BCUT2D eigenvalue weighted by atomic mass is 10.2. The Morgan fingerprint density at radius 1 is 1.21 bits per heavy atom. The van der Waals surface area contributed by atoms with Crippen LogP contribution in [0.25, 0.3) is 0 Å². The molecule has 0 aromatic carbocycles. The van der Waals surface area contributed by atoms with Crippen molar-refractivity contribution in [2.24, 2.45) is 5.73 Å². The molecule has 0 aliphatic carbocycles. The molecule has 0 bridgehead atoms. The number of aliphatic hydroxyl groups excluding tert-OH is 1. The van der Waals surface area contributed by atoms with E-state index in [0.717, 1.165) is 4.90 Å². The minimum Gasteiger partial charge on any atom is -0.397 e. The van der Waals surface area contributed by atoms with Crippen molar-refractivity contribution >= 4 is 35.3 Å². The van der Waals surface area contributed by atoms with Crippen molar-refractivity contribution in [3.8, 4) is 0 Å². The van der Waals surface area contributed by atoms with Gasteiger partial charge in [-0.15, -0.1) is 0 Å². The molecule has 1 fully saturated rings.